The van der Waals surface area contributed by atoms with Gasteiger partial charge in [0.25, 0.3) is 5.69 Å². The number of hydrogen-bond donors (Lipinski definition) is 0. The molecule has 0 aliphatic rings. The third-order valence-electron chi connectivity index (χ3n) is 2.56. The summed E-state index contributed by atoms with van der Waals surface area (Å²) in [6, 6.07) is 7.99. The summed E-state index contributed by atoms with van der Waals surface area (Å²) in [6.07, 6.45) is 0. The molecule has 0 fully saturated rings. The van der Waals surface area contributed by atoms with Crippen LogP contribution in [0, 0.1) is 10.1 Å². The molecule has 0 N–H and O–H groups in total. The quantitative estimate of drug-likeness (QED) is 0.630. The van der Waals surface area contributed by atoms with E-state index < -0.39 is 4.92 Å². The number of non-ortho nitro benzene ring substituents is 1. The monoisotopic (exact) mass is 265 g/mol. The molecule has 1 heterocycles. The fourth-order valence-electron chi connectivity index (χ4n) is 1.58. The third kappa shape index (κ3) is 2.36. The lowest BCUT2D eigenvalue weighted by Gasteiger charge is -2.03. The molecule has 1 aromatic heterocycles. The maximum atomic E-state index is 10.7. The molecule has 0 radical (unpaired) electrons. The summed E-state index contributed by atoms with van der Waals surface area (Å²) in [7, 11) is 0. The molecule has 0 aliphatic heterocycles. The smallest absolute Gasteiger partial charge is 0.258 e. The van der Waals surface area contributed by atoms with Crippen molar-refractivity contribution in [3.63, 3.8) is 0 Å². The second-order valence-electron chi connectivity index (χ2n) is 4.24. The highest BCUT2D eigenvalue weighted by Crippen LogP contribution is 2.23. The highest BCUT2D eigenvalue weighted by atomic mass is 35.5. The highest BCUT2D eigenvalue weighted by molar-refractivity contribution is 6.29. The van der Waals surface area contributed by atoms with Gasteiger partial charge in [0.15, 0.2) is 0 Å². The molecular formula is C12H12ClN3O2. The van der Waals surface area contributed by atoms with Crippen LogP contribution in [-0.2, 0) is 0 Å². The average Bonchev–Trinajstić information content (AvgIpc) is 2.72. The molecule has 0 atom stereocenters. The van der Waals surface area contributed by atoms with Gasteiger partial charge in [0.05, 0.1) is 16.3 Å². The molecule has 18 heavy (non-hydrogen) atoms. The van der Waals surface area contributed by atoms with E-state index in [4.69, 9.17) is 11.6 Å². The maximum absolute atomic E-state index is 10.7. The lowest BCUT2D eigenvalue weighted by atomic mass is 10.1. The Balaban J connectivity index is 2.48. The molecule has 0 aliphatic carbocycles. The first-order valence-corrected chi connectivity index (χ1v) is 5.87. The van der Waals surface area contributed by atoms with Crippen LogP contribution in [0.4, 0.5) is 5.69 Å². The van der Waals surface area contributed by atoms with Crippen molar-refractivity contribution in [2.75, 3.05) is 0 Å². The van der Waals surface area contributed by atoms with E-state index in [0.717, 1.165) is 5.69 Å². The second kappa shape index (κ2) is 4.78. The summed E-state index contributed by atoms with van der Waals surface area (Å²) >= 11 is 6.09. The Morgan fingerprint density at radius 2 is 2.11 bits per heavy atom. The number of nitro benzene ring substituents is 1. The first kappa shape index (κ1) is 12.6. The lowest BCUT2D eigenvalue weighted by molar-refractivity contribution is -0.384. The van der Waals surface area contributed by atoms with Crippen LogP contribution in [0.5, 0.6) is 0 Å². The molecule has 0 spiro atoms. The molecule has 1 aromatic carbocycles. The predicted molar refractivity (Wildman–Crippen MR) is 69.3 cm³/mol. The van der Waals surface area contributed by atoms with E-state index in [0.29, 0.717) is 10.8 Å². The van der Waals surface area contributed by atoms with E-state index in [1.165, 1.54) is 16.8 Å². The molecule has 2 rings (SSSR count). The standard InChI is InChI=1S/C12H12ClN3O2/c1-8(2)11-7-12(13)15(14-11)9-4-3-5-10(6-9)16(17)18/h3-8H,1-2H3. The molecule has 2 aromatic rings. The number of benzene rings is 1. The summed E-state index contributed by atoms with van der Waals surface area (Å²) in [4.78, 5) is 10.3. The van der Waals surface area contributed by atoms with Gasteiger partial charge in [-0.1, -0.05) is 31.5 Å². The molecule has 5 nitrogen and oxygen atoms in total. The Hall–Kier alpha value is -1.88. The van der Waals surface area contributed by atoms with Crippen molar-refractivity contribution in [2.45, 2.75) is 19.8 Å². The minimum atomic E-state index is -0.440. The van der Waals surface area contributed by atoms with Crippen LogP contribution >= 0.6 is 11.6 Å². The average molecular weight is 266 g/mol. The van der Waals surface area contributed by atoms with E-state index >= 15 is 0 Å². The van der Waals surface area contributed by atoms with Crippen molar-refractivity contribution >= 4 is 17.3 Å². The van der Waals surface area contributed by atoms with Crippen molar-refractivity contribution in [1.82, 2.24) is 9.78 Å². The van der Waals surface area contributed by atoms with Gasteiger partial charge in [0.1, 0.15) is 5.15 Å². The Labute approximate surface area is 109 Å². The number of hydrogen-bond acceptors (Lipinski definition) is 3. The lowest BCUT2D eigenvalue weighted by Crippen LogP contribution is -1.99. The van der Waals surface area contributed by atoms with Crippen LogP contribution in [-0.4, -0.2) is 14.7 Å². The number of aromatic nitrogens is 2. The third-order valence-corrected chi connectivity index (χ3v) is 2.83. The second-order valence-corrected chi connectivity index (χ2v) is 4.62. The zero-order valence-corrected chi connectivity index (χ0v) is 10.8. The summed E-state index contributed by atoms with van der Waals surface area (Å²) in [5.74, 6) is 0.252. The number of nitro groups is 1. The largest absolute Gasteiger partial charge is 0.271 e. The van der Waals surface area contributed by atoms with E-state index in [-0.39, 0.29) is 11.6 Å². The van der Waals surface area contributed by atoms with E-state index in [1.807, 2.05) is 13.8 Å². The van der Waals surface area contributed by atoms with Crippen molar-refractivity contribution in [1.29, 1.82) is 0 Å². The van der Waals surface area contributed by atoms with Gasteiger partial charge in [0, 0.05) is 12.1 Å². The summed E-state index contributed by atoms with van der Waals surface area (Å²) in [6.45, 7) is 4.02. The van der Waals surface area contributed by atoms with E-state index in [9.17, 15) is 10.1 Å². The van der Waals surface area contributed by atoms with Crippen LogP contribution in [0.1, 0.15) is 25.5 Å². The molecular weight excluding hydrogens is 254 g/mol. The van der Waals surface area contributed by atoms with Gasteiger partial charge in [-0.25, -0.2) is 4.68 Å². The van der Waals surface area contributed by atoms with Gasteiger partial charge in [-0.2, -0.15) is 5.10 Å². The fraction of sp³-hybridized carbons (Fsp3) is 0.250. The Kier molecular flexibility index (Phi) is 3.34. The fourth-order valence-corrected chi connectivity index (χ4v) is 1.82. The van der Waals surface area contributed by atoms with E-state index in [1.54, 1.807) is 18.2 Å². The van der Waals surface area contributed by atoms with Gasteiger partial charge in [-0.05, 0) is 18.1 Å². The van der Waals surface area contributed by atoms with Crippen molar-refractivity contribution in [3.8, 4) is 5.69 Å². The molecule has 6 heteroatoms. The molecule has 0 amide bonds. The van der Waals surface area contributed by atoms with Gasteiger partial charge < -0.3 is 0 Å². The first-order valence-electron chi connectivity index (χ1n) is 5.49. The van der Waals surface area contributed by atoms with Crippen molar-refractivity contribution in [2.24, 2.45) is 0 Å². The van der Waals surface area contributed by atoms with Crippen LogP contribution in [0.15, 0.2) is 30.3 Å². The number of nitrogens with zero attached hydrogens (tertiary/aromatic N) is 3. The van der Waals surface area contributed by atoms with Gasteiger partial charge in [-0.3, -0.25) is 10.1 Å². The van der Waals surface area contributed by atoms with Crippen LogP contribution in [0.25, 0.3) is 5.69 Å². The molecule has 0 unspecified atom stereocenters. The predicted octanol–water partition coefficient (Wildman–Crippen LogP) is 3.56. The van der Waals surface area contributed by atoms with Crippen LogP contribution in [0.3, 0.4) is 0 Å². The number of rotatable bonds is 3. The Morgan fingerprint density at radius 1 is 1.39 bits per heavy atom. The van der Waals surface area contributed by atoms with Crippen LogP contribution in [0.2, 0.25) is 5.15 Å². The van der Waals surface area contributed by atoms with Gasteiger partial charge >= 0.3 is 0 Å². The Bertz CT molecular complexity index is 593. The van der Waals surface area contributed by atoms with Gasteiger partial charge in [-0.15, -0.1) is 0 Å². The minimum absolute atomic E-state index is 0.0187. The highest BCUT2D eigenvalue weighted by Gasteiger charge is 2.13. The normalized spacial score (nSPS) is 10.9. The Morgan fingerprint density at radius 3 is 2.67 bits per heavy atom. The molecule has 0 saturated heterocycles. The summed E-state index contributed by atoms with van der Waals surface area (Å²) < 4.78 is 1.50. The topological polar surface area (TPSA) is 61.0 Å². The minimum Gasteiger partial charge on any atom is -0.258 e. The first-order chi connectivity index (χ1) is 8.49. The summed E-state index contributed by atoms with van der Waals surface area (Å²) in [5.41, 5.74) is 1.46. The maximum Gasteiger partial charge on any atom is 0.271 e. The zero-order chi connectivity index (χ0) is 13.3. The molecule has 0 bridgehead atoms. The van der Waals surface area contributed by atoms with E-state index in [2.05, 4.69) is 5.10 Å². The van der Waals surface area contributed by atoms with Crippen molar-refractivity contribution < 1.29 is 4.92 Å². The molecule has 0 saturated carbocycles. The number of halogens is 1. The summed E-state index contributed by atoms with van der Waals surface area (Å²) in [5, 5.41) is 15.5. The van der Waals surface area contributed by atoms with Crippen LogP contribution < -0.4 is 0 Å². The molecule has 94 valence electrons. The SMILES string of the molecule is CC(C)c1cc(Cl)n(-c2cccc([N+](=O)[O-])c2)n1. The van der Waals surface area contributed by atoms with Gasteiger partial charge in [0.2, 0.25) is 0 Å². The van der Waals surface area contributed by atoms with Crippen molar-refractivity contribution in [3.05, 3.63) is 51.3 Å². The zero-order valence-electron chi connectivity index (χ0n) is 10.0.